The van der Waals surface area contributed by atoms with Gasteiger partial charge in [-0.15, -0.1) is 0 Å². The Morgan fingerprint density at radius 2 is 2.10 bits per heavy atom. The number of nitrogens with zero attached hydrogens (tertiary/aromatic N) is 3. The minimum Gasteiger partial charge on any atom is -0.493 e. The molecule has 0 spiro atoms. The molecule has 0 unspecified atom stereocenters. The van der Waals surface area contributed by atoms with E-state index in [1.807, 2.05) is 23.2 Å². The van der Waals surface area contributed by atoms with Crippen LogP contribution >= 0.6 is 0 Å². The van der Waals surface area contributed by atoms with E-state index in [4.69, 9.17) is 4.74 Å². The molecule has 0 radical (unpaired) electrons. The van der Waals surface area contributed by atoms with Crippen molar-refractivity contribution in [1.29, 1.82) is 0 Å². The first-order valence-corrected chi connectivity index (χ1v) is 12.1. The van der Waals surface area contributed by atoms with Crippen LogP contribution < -0.4 is 9.64 Å². The standard InChI is InChI=1S/C21H29N3O4S/c1-5-11-28-21-18(17-13-22-23(14-17)10-12-29(4,26)27)8-9-20-19(21)7-6-15(2)24(20)16(3)25/h8-9,13-15H,5-7,10-12H2,1-4H3/t15-/m0/s1. The largest absolute Gasteiger partial charge is 0.493 e. The van der Waals surface area contributed by atoms with E-state index in [0.29, 0.717) is 13.2 Å². The van der Waals surface area contributed by atoms with Crippen molar-refractivity contribution in [1.82, 2.24) is 9.78 Å². The van der Waals surface area contributed by atoms with Crippen molar-refractivity contribution >= 4 is 21.4 Å². The summed E-state index contributed by atoms with van der Waals surface area (Å²) in [5, 5.41) is 4.32. The lowest BCUT2D eigenvalue weighted by Gasteiger charge is -2.36. The van der Waals surface area contributed by atoms with Crippen molar-refractivity contribution in [2.45, 2.75) is 52.6 Å². The fourth-order valence-electron chi connectivity index (χ4n) is 3.77. The maximum Gasteiger partial charge on any atom is 0.224 e. The number of anilines is 1. The molecule has 29 heavy (non-hydrogen) atoms. The molecule has 1 aromatic carbocycles. The van der Waals surface area contributed by atoms with E-state index in [0.717, 1.165) is 47.4 Å². The van der Waals surface area contributed by atoms with Crippen LogP contribution in [0.2, 0.25) is 0 Å². The average Bonchev–Trinajstić information content (AvgIpc) is 3.12. The third-order valence-corrected chi connectivity index (χ3v) is 6.10. The van der Waals surface area contributed by atoms with Gasteiger partial charge in [-0.05, 0) is 38.3 Å². The Morgan fingerprint density at radius 1 is 1.34 bits per heavy atom. The monoisotopic (exact) mass is 419 g/mol. The molecule has 0 fully saturated rings. The lowest BCUT2D eigenvalue weighted by atomic mass is 9.92. The second-order valence-electron chi connectivity index (χ2n) is 7.69. The molecular formula is C21H29N3O4S. The van der Waals surface area contributed by atoms with Crippen molar-refractivity contribution in [2.75, 3.05) is 23.5 Å². The second-order valence-corrected chi connectivity index (χ2v) is 9.95. The number of rotatable bonds is 7. The summed E-state index contributed by atoms with van der Waals surface area (Å²) in [7, 11) is -3.05. The molecule has 2 aromatic rings. The van der Waals surface area contributed by atoms with Gasteiger partial charge in [0.2, 0.25) is 5.91 Å². The molecule has 2 heterocycles. The fraction of sp³-hybridized carbons (Fsp3) is 0.524. The molecule has 1 aliphatic heterocycles. The highest BCUT2D eigenvalue weighted by Crippen LogP contribution is 2.43. The molecule has 158 valence electrons. The highest BCUT2D eigenvalue weighted by Gasteiger charge is 2.30. The van der Waals surface area contributed by atoms with E-state index in [1.54, 1.807) is 17.8 Å². The van der Waals surface area contributed by atoms with Gasteiger partial charge >= 0.3 is 0 Å². The molecule has 1 aromatic heterocycles. The van der Waals surface area contributed by atoms with Crippen LogP contribution in [0.4, 0.5) is 5.69 Å². The summed E-state index contributed by atoms with van der Waals surface area (Å²) >= 11 is 0. The van der Waals surface area contributed by atoms with E-state index in [2.05, 4.69) is 18.9 Å². The van der Waals surface area contributed by atoms with Crippen LogP contribution in [0.1, 0.15) is 39.2 Å². The maximum absolute atomic E-state index is 12.2. The van der Waals surface area contributed by atoms with Gasteiger partial charge in [0.25, 0.3) is 0 Å². The maximum atomic E-state index is 12.2. The van der Waals surface area contributed by atoms with Gasteiger partial charge in [-0.3, -0.25) is 9.48 Å². The van der Waals surface area contributed by atoms with Crippen LogP contribution in [0.15, 0.2) is 24.5 Å². The predicted molar refractivity (Wildman–Crippen MR) is 114 cm³/mol. The molecular weight excluding hydrogens is 390 g/mol. The van der Waals surface area contributed by atoms with E-state index in [1.165, 1.54) is 6.26 Å². The number of carbonyl (C=O) groups is 1. The van der Waals surface area contributed by atoms with Crippen LogP contribution in [0.25, 0.3) is 11.1 Å². The molecule has 7 nitrogen and oxygen atoms in total. The molecule has 1 atom stereocenters. The van der Waals surface area contributed by atoms with Crippen LogP contribution in [-0.4, -0.2) is 48.8 Å². The molecule has 1 amide bonds. The summed E-state index contributed by atoms with van der Waals surface area (Å²) in [5.74, 6) is 0.870. The van der Waals surface area contributed by atoms with Crippen LogP contribution in [0, 0.1) is 0 Å². The Balaban J connectivity index is 2.01. The number of hydrogen-bond donors (Lipinski definition) is 0. The smallest absolute Gasteiger partial charge is 0.224 e. The summed E-state index contributed by atoms with van der Waals surface area (Å²) in [6.07, 6.45) is 7.40. The molecule has 1 aliphatic rings. The van der Waals surface area contributed by atoms with Crippen molar-refractivity contribution in [3.63, 3.8) is 0 Å². The minimum atomic E-state index is -3.05. The Kier molecular flexibility index (Phi) is 6.31. The summed E-state index contributed by atoms with van der Waals surface area (Å²) in [6, 6.07) is 4.10. The first-order valence-electron chi connectivity index (χ1n) is 10.00. The Morgan fingerprint density at radius 3 is 2.76 bits per heavy atom. The minimum absolute atomic E-state index is 0.0289. The number of benzene rings is 1. The van der Waals surface area contributed by atoms with Gasteiger partial charge in [-0.2, -0.15) is 5.10 Å². The normalized spacial score (nSPS) is 16.6. The molecule has 8 heteroatoms. The Labute approximate surface area is 172 Å². The van der Waals surface area contributed by atoms with Crippen molar-refractivity contribution in [2.24, 2.45) is 0 Å². The molecule has 0 N–H and O–H groups in total. The van der Waals surface area contributed by atoms with Crippen molar-refractivity contribution in [3.05, 3.63) is 30.1 Å². The van der Waals surface area contributed by atoms with Crippen LogP contribution in [0.3, 0.4) is 0 Å². The summed E-state index contributed by atoms with van der Waals surface area (Å²) < 4.78 is 30.7. The van der Waals surface area contributed by atoms with Crippen LogP contribution in [0.5, 0.6) is 5.75 Å². The Bertz CT molecular complexity index is 997. The zero-order valence-electron chi connectivity index (χ0n) is 17.5. The Hall–Kier alpha value is -2.35. The van der Waals surface area contributed by atoms with E-state index >= 15 is 0 Å². The molecule has 0 saturated heterocycles. The zero-order valence-corrected chi connectivity index (χ0v) is 18.3. The van der Waals surface area contributed by atoms with Gasteiger partial charge in [0.1, 0.15) is 15.6 Å². The van der Waals surface area contributed by atoms with E-state index in [-0.39, 0.29) is 17.7 Å². The SMILES string of the molecule is CCCOc1c(-c2cnn(CCS(C)(=O)=O)c2)ccc2c1CC[C@H](C)N2C(C)=O. The van der Waals surface area contributed by atoms with Gasteiger partial charge in [0.15, 0.2) is 0 Å². The highest BCUT2D eigenvalue weighted by atomic mass is 32.2. The van der Waals surface area contributed by atoms with Gasteiger partial charge in [-0.25, -0.2) is 8.42 Å². The van der Waals surface area contributed by atoms with Gasteiger partial charge in [0.05, 0.1) is 30.8 Å². The third-order valence-electron chi connectivity index (χ3n) is 5.17. The third kappa shape index (κ3) is 4.80. The zero-order chi connectivity index (χ0) is 21.2. The predicted octanol–water partition coefficient (Wildman–Crippen LogP) is 3.07. The first kappa shape index (κ1) is 21.4. The van der Waals surface area contributed by atoms with Crippen molar-refractivity contribution < 1.29 is 17.9 Å². The molecule has 0 aliphatic carbocycles. The summed E-state index contributed by atoms with van der Waals surface area (Å²) in [6.45, 7) is 6.61. The average molecular weight is 420 g/mol. The number of fused-ring (bicyclic) bond motifs is 1. The first-order chi connectivity index (χ1) is 13.7. The molecule has 0 saturated carbocycles. The number of carbonyl (C=O) groups excluding carboxylic acids is 1. The van der Waals surface area contributed by atoms with Gasteiger partial charge < -0.3 is 9.64 Å². The highest BCUT2D eigenvalue weighted by molar-refractivity contribution is 7.90. The fourth-order valence-corrected chi connectivity index (χ4v) is 4.28. The van der Waals surface area contributed by atoms with Gasteiger partial charge in [-0.1, -0.05) is 6.92 Å². The molecule has 3 rings (SSSR count). The lowest BCUT2D eigenvalue weighted by Crippen LogP contribution is -2.40. The van der Waals surface area contributed by atoms with Gasteiger partial charge in [0, 0.05) is 42.1 Å². The number of amides is 1. The summed E-state index contributed by atoms with van der Waals surface area (Å²) in [5.41, 5.74) is 3.75. The second kappa shape index (κ2) is 8.57. The van der Waals surface area contributed by atoms with Crippen LogP contribution in [-0.2, 0) is 27.6 Å². The summed E-state index contributed by atoms with van der Waals surface area (Å²) in [4.78, 5) is 14.1. The van der Waals surface area contributed by atoms with E-state index < -0.39 is 9.84 Å². The topological polar surface area (TPSA) is 81.5 Å². The number of aromatic nitrogens is 2. The molecule has 0 bridgehead atoms. The lowest BCUT2D eigenvalue weighted by molar-refractivity contribution is -0.117. The van der Waals surface area contributed by atoms with E-state index in [9.17, 15) is 13.2 Å². The van der Waals surface area contributed by atoms with Crippen molar-refractivity contribution in [3.8, 4) is 16.9 Å². The number of sulfone groups is 1. The number of ether oxygens (including phenoxy) is 1. The quantitative estimate of drug-likeness (QED) is 0.689. The number of aryl methyl sites for hydroxylation is 1. The number of hydrogen-bond acceptors (Lipinski definition) is 5.